The normalized spacial score (nSPS) is 15.7. The van der Waals surface area contributed by atoms with Gasteiger partial charge >= 0.3 is 0 Å². The molecule has 1 N–H and O–H groups in total. The van der Waals surface area contributed by atoms with Crippen molar-refractivity contribution in [2.24, 2.45) is 11.8 Å². The average Bonchev–Trinajstić information content (AvgIpc) is 2.98. The van der Waals surface area contributed by atoms with Gasteiger partial charge in [-0.1, -0.05) is 19.1 Å². The van der Waals surface area contributed by atoms with E-state index in [0.29, 0.717) is 0 Å². The van der Waals surface area contributed by atoms with Crippen LogP contribution in [0.1, 0.15) is 45.2 Å². The summed E-state index contributed by atoms with van der Waals surface area (Å²) < 4.78 is 1.97. The highest BCUT2D eigenvalue weighted by Gasteiger charge is 2.20. The molecular weight excluding hydrogens is 212 g/mol. The molecule has 0 atom stereocenters. The molecule has 0 amide bonds. The highest BCUT2D eigenvalue weighted by molar-refractivity contribution is 4.92. The molecule has 1 aromatic heterocycles. The second-order valence-corrected chi connectivity index (χ2v) is 5.58. The molecule has 2 rings (SSSR count). The maximum Gasteiger partial charge on any atom is 0.0964 e. The van der Waals surface area contributed by atoms with Gasteiger partial charge in [0.25, 0.3) is 0 Å². The third-order valence-electron chi connectivity index (χ3n) is 3.19. The van der Waals surface area contributed by atoms with E-state index in [1.807, 2.05) is 4.68 Å². The Hall–Kier alpha value is -0.900. The summed E-state index contributed by atoms with van der Waals surface area (Å²) in [5.41, 5.74) is 1.06. The van der Waals surface area contributed by atoms with E-state index >= 15 is 0 Å². The van der Waals surface area contributed by atoms with Gasteiger partial charge in [0, 0.05) is 19.3 Å². The first-order valence-electron chi connectivity index (χ1n) is 6.84. The number of hydrogen-bond acceptors (Lipinski definition) is 3. The van der Waals surface area contributed by atoms with Gasteiger partial charge in [0.2, 0.25) is 0 Å². The van der Waals surface area contributed by atoms with Crippen molar-refractivity contribution < 1.29 is 0 Å². The lowest BCUT2D eigenvalue weighted by atomic mass is 10.1. The Morgan fingerprint density at radius 2 is 2.29 bits per heavy atom. The lowest BCUT2D eigenvalue weighted by Gasteiger charge is -2.03. The molecule has 0 aromatic carbocycles. The first-order valence-corrected chi connectivity index (χ1v) is 6.84. The van der Waals surface area contributed by atoms with Crippen molar-refractivity contribution in [3.8, 4) is 0 Å². The highest BCUT2D eigenvalue weighted by atomic mass is 15.4. The first kappa shape index (κ1) is 12.6. The van der Waals surface area contributed by atoms with Gasteiger partial charge in [-0.3, -0.25) is 4.68 Å². The molecule has 0 spiro atoms. The minimum Gasteiger partial charge on any atom is -0.311 e. The van der Waals surface area contributed by atoms with E-state index in [2.05, 4.69) is 35.7 Å². The van der Waals surface area contributed by atoms with Crippen LogP contribution in [0.5, 0.6) is 0 Å². The van der Waals surface area contributed by atoms with Gasteiger partial charge in [-0.15, -0.1) is 5.10 Å². The lowest BCUT2D eigenvalue weighted by Crippen LogP contribution is -2.16. The average molecular weight is 236 g/mol. The summed E-state index contributed by atoms with van der Waals surface area (Å²) in [7, 11) is 0. The van der Waals surface area contributed by atoms with Crippen molar-refractivity contribution in [1.29, 1.82) is 0 Å². The van der Waals surface area contributed by atoms with E-state index < -0.39 is 0 Å². The van der Waals surface area contributed by atoms with Crippen molar-refractivity contribution in [2.45, 2.75) is 52.6 Å². The second-order valence-electron chi connectivity index (χ2n) is 5.58. The number of nitrogens with zero attached hydrogens (tertiary/aromatic N) is 3. The molecule has 1 saturated carbocycles. The molecule has 0 aliphatic heterocycles. The van der Waals surface area contributed by atoms with Gasteiger partial charge in [-0.25, -0.2) is 0 Å². The Morgan fingerprint density at radius 3 is 3.00 bits per heavy atom. The summed E-state index contributed by atoms with van der Waals surface area (Å²) in [6.07, 6.45) is 7.31. The summed E-state index contributed by atoms with van der Waals surface area (Å²) in [6, 6.07) is 0. The van der Waals surface area contributed by atoms with Crippen LogP contribution in [0.25, 0.3) is 0 Å². The molecule has 1 aliphatic carbocycles. The standard InChI is InChI=1S/C13H24N4/c1-11(2)4-3-7-17-10-13(15-16-17)9-14-8-12-5-6-12/h10-12,14H,3-9H2,1-2H3. The number of aryl methyl sites for hydroxylation is 1. The van der Waals surface area contributed by atoms with Crippen LogP contribution in [-0.4, -0.2) is 21.5 Å². The van der Waals surface area contributed by atoms with Crippen LogP contribution in [-0.2, 0) is 13.1 Å². The maximum absolute atomic E-state index is 4.18. The van der Waals surface area contributed by atoms with Crippen molar-refractivity contribution in [3.63, 3.8) is 0 Å². The van der Waals surface area contributed by atoms with Crippen molar-refractivity contribution in [1.82, 2.24) is 20.3 Å². The molecule has 1 heterocycles. The van der Waals surface area contributed by atoms with Crippen LogP contribution in [0.2, 0.25) is 0 Å². The van der Waals surface area contributed by atoms with Crippen LogP contribution in [0.15, 0.2) is 6.20 Å². The molecular formula is C13H24N4. The van der Waals surface area contributed by atoms with E-state index in [1.165, 1.54) is 25.7 Å². The summed E-state index contributed by atoms with van der Waals surface area (Å²) in [4.78, 5) is 0. The zero-order valence-electron chi connectivity index (χ0n) is 11.0. The molecule has 4 nitrogen and oxygen atoms in total. The number of rotatable bonds is 8. The van der Waals surface area contributed by atoms with E-state index in [0.717, 1.165) is 37.2 Å². The summed E-state index contributed by atoms with van der Waals surface area (Å²) in [5, 5.41) is 11.8. The molecule has 17 heavy (non-hydrogen) atoms. The van der Waals surface area contributed by atoms with Crippen LogP contribution in [0, 0.1) is 11.8 Å². The maximum atomic E-state index is 4.18. The van der Waals surface area contributed by atoms with E-state index in [1.54, 1.807) is 0 Å². The van der Waals surface area contributed by atoms with Crippen molar-refractivity contribution in [2.75, 3.05) is 6.54 Å². The fraction of sp³-hybridized carbons (Fsp3) is 0.846. The molecule has 1 aliphatic rings. The molecule has 0 bridgehead atoms. The fourth-order valence-corrected chi connectivity index (χ4v) is 1.92. The van der Waals surface area contributed by atoms with Gasteiger partial charge in [0.15, 0.2) is 0 Å². The number of aromatic nitrogens is 3. The molecule has 96 valence electrons. The van der Waals surface area contributed by atoms with Crippen molar-refractivity contribution in [3.05, 3.63) is 11.9 Å². The first-order chi connectivity index (χ1) is 8.24. The van der Waals surface area contributed by atoms with E-state index in [4.69, 9.17) is 0 Å². The van der Waals surface area contributed by atoms with E-state index in [-0.39, 0.29) is 0 Å². The van der Waals surface area contributed by atoms with Crippen LogP contribution < -0.4 is 5.32 Å². The molecule has 0 saturated heterocycles. The quantitative estimate of drug-likeness (QED) is 0.752. The largest absolute Gasteiger partial charge is 0.311 e. The predicted molar refractivity (Wildman–Crippen MR) is 68.5 cm³/mol. The fourth-order valence-electron chi connectivity index (χ4n) is 1.92. The summed E-state index contributed by atoms with van der Waals surface area (Å²) in [6.45, 7) is 7.51. The van der Waals surface area contributed by atoms with Crippen LogP contribution in [0.4, 0.5) is 0 Å². The van der Waals surface area contributed by atoms with Gasteiger partial charge in [0.05, 0.1) is 5.69 Å². The van der Waals surface area contributed by atoms with Gasteiger partial charge in [-0.05, 0) is 44.1 Å². The Balaban J connectivity index is 1.63. The third kappa shape index (κ3) is 4.86. The monoisotopic (exact) mass is 236 g/mol. The van der Waals surface area contributed by atoms with Gasteiger partial charge in [-0.2, -0.15) is 0 Å². The molecule has 1 fully saturated rings. The van der Waals surface area contributed by atoms with Gasteiger partial charge in [0.1, 0.15) is 0 Å². The van der Waals surface area contributed by atoms with Gasteiger partial charge < -0.3 is 5.32 Å². The van der Waals surface area contributed by atoms with E-state index in [9.17, 15) is 0 Å². The smallest absolute Gasteiger partial charge is 0.0964 e. The molecule has 1 aromatic rings. The summed E-state index contributed by atoms with van der Waals surface area (Å²) in [5.74, 6) is 1.70. The Labute approximate surface area is 104 Å². The second kappa shape index (κ2) is 6.15. The van der Waals surface area contributed by atoms with Crippen LogP contribution >= 0.6 is 0 Å². The Bertz CT molecular complexity index is 305. The Morgan fingerprint density at radius 1 is 1.47 bits per heavy atom. The SMILES string of the molecule is CC(C)CCCn1cc(CNCC2CC2)nn1. The number of hydrogen-bond donors (Lipinski definition) is 1. The molecule has 0 unspecified atom stereocenters. The molecule has 0 radical (unpaired) electrons. The third-order valence-corrected chi connectivity index (χ3v) is 3.19. The molecule has 4 heteroatoms. The highest BCUT2D eigenvalue weighted by Crippen LogP contribution is 2.27. The minimum absolute atomic E-state index is 0.776. The predicted octanol–water partition coefficient (Wildman–Crippen LogP) is 2.21. The van der Waals surface area contributed by atoms with Crippen LogP contribution in [0.3, 0.4) is 0 Å². The summed E-state index contributed by atoms with van der Waals surface area (Å²) >= 11 is 0. The van der Waals surface area contributed by atoms with Crippen molar-refractivity contribution >= 4 is 0 Å². The zero-order chi connectivity index (χ0) is 12.1. The minimum atomic E-state index is 0.776. The Kier molecular flexibility index (Phi) is 4.54. The zero-order valence-corrected chi connectivity index (χ0v) is 11.0. The topological polar surface area (TPSA) is 42.7 Å². The lowest BCUT2D eigenvalue weighted by molar-refractivity contribution is 0.482. The number of nitrogens with one attached hydrogen (secondary N) is 1.